The van der Waals surface area contributed by atoms with Crippen LogP contribution in [-0.4, -0.2) is 31.8 Å². The molecule has 0 bridgehead atoms. The number of amides is 1. The Labute approximate surface area is 209 Å². The van der Waals surface area contributed by atoms with Gasteiger partial charge in [0.2, 0.25) is 0 Å². The highest BCUT2D eigenvalue weighted by atomic mass is 16.1. The van der Waals surface area contributed by atoms with Gasteiger partial charge in [-0.25, -0.2) is 9.20 Å². The van der Waals surface area contributed by atoms with Crippen molar-refractivity contribution in [1.29, 1.82) is 0 Å². The topological polar surface area (TPSA) is 81.3 Å². The number of rotatable bonds is 7. The standard InChI is InChI=1S/C29H27N5O2/c1-20(2)34-26(35)14-13-24(31-34)27-25-19-23(29(36)30-17-15-21-9-5-3-6-10-21)16-18-33(25)32-28(27)22-11-7-4-8-12-22/h3-14,16,18-20H,15,17H2,1-2H3,(H,30,36). The first kappa shape index (κ1) is 23.2. The van der Waals surface area contributed by atoms with Gasteiger partial charge < -0.3 is 5.32 Å². The van der Waals surface area contributed by atoms with Crippen LogP contribution >= 0.6 is 0 Å². The number of nitrogens with zero attached hydrogens (tertiary/aromatic N) is 4. The summed E-state index contributed by atoms with van der Waals surface area (Å²) >= 11 is 0. The SMILES string of the molecule is CC(C)n1nc(-c2c(-c3ccccc3)nn3ccc(C(=O)NCCc4ccccc4)cc23)ccc1=O. The first-order valence-corrected chi connectivity index (χ1v) is 12.0. The lowest BCUT2D eigenvalue weighted by atomic mass is 10.0. The summed E-state index contributed by atoms with van der Waals surface area (Å²) in [5, 5.41) is 12.5. The lowest BCUT2D eigenvalue weighted by Gasteiger charge is -2.11. The molecule has 3 heterocycles. The van der Waals surface area contributed by atoms with E-state index in [1.54, 1.807) is 22.8 Å². The number of carbonyl (C=O) groups is 1. The molecule has 1 amide bonds. The van der Waals surface area contributed by atoms with Crippen molar-refractivity contribution in [3.8, 4) is 22.5 Å². The zero-order chi connectivity index (χ0) is 25.1. The number of aromatic nitrogens is 4. The molecular weight excluding hydrogens is 450 g/mol. The molecule has 0 spiro atoms. The Morgan fingerprint density at radius 1 is 0.917 bits per heavy atom. The molecule has 0 aliphatic carbocycles. The van der Waals surface area contributed by atoms with Crippen molar-refractivity contribution in [3.05, 3.63) is 113 Å². The summed E-state index contributed by atoms with van der Waals surface area (Å²) in [5.41, 5.74) is 5.34. The van der Waals surface area contributed by atoms with Crippen LogP contribution < -0.4 is 10.9 Å². The van der Waals surface area contributed by atoms with E-state index in [2.05, 4.69) is 10.4 Å². The van der Waals surface area contributed by atoms with Crippen molar-refractivity contribution in [1.82, 2.24) is 24.7 Å². The van der Waals surface area contributed by atoms with Gasteiger partial charge in [0.15, 0.2) is 0 Å². The molecule has 0 aliphatic rings. The fourth-order valence-electron chi connectivity index (χ4n) is 4.23. The van der Waals surface area contributed by atoms with Gasteiger partial charge in [-0.05, 0) is 44.0 Å². The van der Waals surface area contributed by atoms with Crippen LogP contribution in [0.15, 0.2) is 95.9 Å². The third-order valence-corrected chi connectivity index (χ3v) is 6.06. The summed E-state index contributed by atoms with van der Waals surface area (Å²) in [5.74, 6) is -0.151. The highest BCUT2D eigenvalue weighted by Crippen LogP contribution is 2.34. The summed E-state index contributed by atoms with van der Waals surface area (Å²) in [4.78, 5) is 25.4. The molecule has 2 aromatic carbocycles. The molecule has 0 aliphatic heterocycles. The number of hydrogen-bond donors (Lipinski definition) is 1. The second-order valence-corrected chi connectivity index (χ2v) is 8.92. The minimum Gasteiger partial charge on any atom is -0.352 e. The molecule has 0 atom stereocenters. The Bertz CT molecular complexity index is 1570. The second kappa shape index (κ2) is 10.00. The van der Waals surface area contributed by atoms with E-state index < -0.39 is 0 Å². The predicted molar refractivity (Wildman–Crippen MR) is 141 cm³/mol. The average molecular weight is 478 g/mol. The zero-order valence-electron chi connectivity index (χ0n) is 20.3. The number of benzene rings is 2. The van der Waals surface area contributed by atoms with E-state index in [4.69, 9.17) is 5.10 Å². The van der Waals surface area contributed by atoms with E-state index in [1.165, 1.54) is 16.3 Å². The predicted octanol–water partition coefficient (Wildman–Crippen LogP) is 4.78. The molecule has 0 fully saturated rings. The highest BCUT2D eigenvalue weighted by molar-refractivity contribution is 5.98. The molecule has 0 saturated carbocycles. The van der Waals surface area contributed by atoms with Gasteiger partial charge in [0.1, 0.15) is 5.69 Å². The van der Waals surface area contributed by atoms with E-state index in [-0.39, 0.29) is 17.5 Å². The quantitative estimate of drug-likeness (QED) is 0.366. The third-order valence-electron chi connectivity index (χ3n) is 6.06. The van der Waals surface area contributed by atoms with Crippen LogP contribution in [0.1, 0.15) is 35.8 Å². The van der Waals surface area contributed by atoms with Crippen molar-refractivity contribution in [2.75, 3.05) is 6.54 Å². The Morgan fingerprint density at radius 3 is 2.36 bits per heavy atom. The zero-order valence-corrected chi connectivity index (χ0v) is 20.3. The van der Waals surface area contributed by atoms with E-state index >= 15 is 0 Å². The van der Waals surface area contributed by atoms with Gasteiger partial charge in [-0.1, -0.05) is 60.7 Å². The van der Waals surface area contributed by atoms with Gasteiger partial charge in [0, 0.05) is 29.9 Å². The Kier molecular flexibility index (Phi) is 6.45. The molecule has 180 valence electrons. The second-order valence-electron chi connectivity index (χ2n) is 8.92. The monoisotopic (exact) mass is 477 g/mol. The Hall–Kier alpha value is -4.52. The van der Waals surface area contributed by atoms with Crippen LogP contribution in [0.3, 0.4) is 0 Å². The van der Waals surface area contributed by atoms with Crippen LogP contribution in [0.5, 0.6) is 0 Å². The van der Waals surface area contributed by atoms with Crippen molar-refractivity contribution >= 4 is 11.4 Å². The van der Waals surface area contributed by atoms with Crippen LogP contribution in [-0.2, 0) is 6.42 Å². The normalized spacial score (nSPS) is 11.2. The summed E-state index contributed by atoms with van der Waals surface area (Å²) in [7, 11) is 0. The summed E-state index contributed by atoms with van der Waals surface area (Å²) in [6.07, 6.45) is 2.54. The van der Waals surface area contributed by atoms with Crippen molar-refractivity contribution < 1.29 is 4.79 Å². The van der Waals surface area contributed by atoms with Crippen LogP contribution in [0.4, 0.5) is 0 Å². The first-order valence-electron chi connectivity index (χ1n) is 12.0. The summed E-state index contributed by atoms with van der Waals surface area (Å²) < 4.78 is 3.22. The lowest BCUT2D eigenvalue weighted by Crippen LogP contribution is -2.25. The van der Waals surface area contributed by atoms with Gasteiger partial charge in [-0.3, -0.25) is 9.59 Å². The molecule has 5 aromatic rings. The molecule has 7 nitrogen and oxygen atoms in total. The van der Waals surface area contributed by atoms with E-state index in [0.717, 1.165) is 28.8 Å². The summed E-state index contributed by atoms with van der Waals surface area (Å²) in [6, 6.07) is 26.6. The van der Waals surface area contributed by atoms with Crippen LogP contribution in [0.25, 0.3) is 28.0 Å². The molecule has 1 N–H and O–H groups in total. The molecule has 5 rings (SSSR count). The maximum Gasteiger partial charge on any atom is 0.267 e. The van der Waals surface area contributed by atoms with Gasteiger partial charge in [-0.2, -0.15) is 10.2 Å². The number of carbonyl (C=O) groups excluding carboxylic acids is 1. The van der Waals surface area contributed by atoms with E-state index in [1.807, 2.05) is 80.6 Å². The largest absolute Gasteiger partial charge is 0.352 e. The average Bonchev–Trinajstić information content (AvgIpc) is 3.29. The maximum absolute atomic E-state index is 13.0. The molecule has 36 heavy (non-hydrogen) atoms. The highest BCUT2D eigenvalue weighted by Gasteiger charge is 2.20. The van der Waals surface area contributed by atoms with Crippen molar-refractivity contribution in [2.24, 2.45) is 0 Å². The maximum atomic E-state index is 13.0. The number of pyridine rings is 1. The fraction of sp³-hybridized carbons (Fsp3) is 0.172. The third kappa shape index (κ3) is 4.68. The number of hydrogen-bond acceptors (Lipinski definition) is 4. The van der Waals surface area contributed by atoms with Crippen molar-refractivity contribution in [3.63, 3.8) is 0 Å². The Morgan fingerprint density at radius 2 is 1.64 bits per heavy atom. The van der Waals surface area contributed by atoms with E-state index in [9.17, 15) is 9.59 Å². The minimum absolute atomic E-state index is 0.0922. The molecule has 0 saturated heterocycles. The summed E-state index contributed by atoms with van der Waals surface area (Å²) in [6.45, 7) is 4.38. The molecule has 3 aromatic heterocycles. The minimum atomic E-state index is -0.162. The lowest BCUT2D eigenvalue weighted by molar-refractivity contribution is 0.0954. The smallest absolute Gasteiger partial charge is 0.267 e. The molecule has 0 radical (unpaired) electrons. The first-order chi connectivity index (χ1) is 17.5. The van der Waals surface area contributed by atoms with Gasteiger partial charge in [0.05, 0.1) is 22.8 Å². The number of fused-ring (bicyclic) bond motifs is 1. The van der Waals surface area contributed by atoms with Crippen LogP contribution in [0.2, 0.25) is 0 Å². The van der Waals surface area contributed by atoms with Crippen LogP contribution in [0, 0.1) is 0 Å². The van der Waals surface area contributed by atoms with Gasteiger partial charge >= 0.3 is 0 Å². The van der Waals surface area contributed by atoms with Gasteiger partial charge in [-0.15, -0.1) is 0 Å². The number of nitrogens with one attached hydrogen (secondary N) is 1. The Balaban J connectivity index is 1.56. The molecule has 0 unspecified atom stereocenters. The molecule has 7 heteroatoms. The molecular formula is C29H27N5O2. The fourth-order valence-corrected chi connectivity index (χ4v) is 4.23. The van der Waals surface area contributed by atoms with E-state index in [0.29, 0.717) is 17.8 Å². The van der Waals surface area contributed by atoms with Crippen molar-refractivity contribution in [2.45, 2.75) is 26.3 Å². The van der Waals surface area contributed by atoms with Gasteiger partial charge in [0.25, 0.3) is 11.5 Å².